The lowest BCUT2D eigenvalue weighted by molar-refractivity contribution is 0.415. The zero-order valence-electron chi connectivity index (χ0n) is 9.71. The van der Waals surface area contributed by atoms with Crippen molar-refractivity contribution in [1.82, 2.24) is 9.97 Å². The van der Waals surface area contributed by atoms with E-state index in [9.17, 15) is 0 Å². The number of hydrogen-bond acceptors (Lipinski definition) is 6. The van der Waals surface area contributed by atoms with Gasteiger partial charge in [-0.15, -0.1) is 0 Å². The fourth-order valence-corrected chi connectivity index (χ4v) is 1.56. The highest BCUT2D eigenvalue weighted by atomic mass is 16.5. The van der Waals surface area contributed by atoms with E-state index in [0.29, 0.717) is 11.4 Å². The third kappa shape index (κ3) is 2.01. The number of nitrogen functional groups attached to an aromatic ring is 2. The van der Waals surface area contributed by atoms with Gasteiger partial charge in [0.05, 0.1) is 12.8 Å². The van der Waals surface area contributed by atoms with E-state index in [1.54, 1.807) is 31.4 Å². The monoisotopic (exact) mass is 241 g/mol. The SMILES string of the molecule is COc1ccc(-c2nc(N)nc(N)c2C#N)cc1. The molecule has 1 aromatic heterocycles. The number of methoxy groups -OCH3 is 1. The van der Waals surface area contributed by atoms with Crippen LogP contribution in [0.3, 0.4) is 0 Å². The van der Waals surface area contributed by atoms with Crippen molar-refractivity contribution in [2.75, 3.05) is 18.6 Å². The van der Waals surface area contributed by atoms with Gasteiger partial charge in [0, 0.05) is 5.56 Å². The molecule has 6 nitrogen and oxygen atoms in total. The Morgan fingerprint density at radius 3 is 2.39 bits per heavy atom. The molecule has 0 atom stereocenters. The summed E-state index contributed by atoms with van der Waals surface area (Å²) in [5.74, 6) is 0.834. The Kier molecular flexibility index (Phi) is 2.98. The van der Waals surface area contributed by atoms with Crippen LogP contribution < -0.4 is 16.2 Å². The maximum absolute atomic E-state index is 9.08. The highest BCUT2D eigenvalue weighted by Gasteiger charge is 2.12. The van der Waals surface area contributed by atoms with Crippen LogP contribution in [-0.2, 0) is 0 Å². The van der Waals surface area contributed by atoms with Crippen LogP contribution in [0.1, 0.15) is 5.56 Å². The van der Waals surface area contributed by atoms with Crippen LogP contribution in [0, 0.1) is 11.3 Å². The molecule has 0 aliphatic heterocycles. The average Bonchev–Trinajstić information content (AvgIpc) is 2.38. The highest BCUT2D eigenvalue weighted by Crippen LogP contribution is 2.26. The van der Waals surface area contributed by atoms with Gasteiger partial charge in [0.2, 0.25) is 5.95 Å². The number of benzene rings is 1. The summed E-state index contributed by atoms with van der Waals surface area (Å²) in [7, 11) is 1.58. The van der Waals surface area contributed by atoms with E-state index in [-0.39, 0.29) is 17.3 Å². The standard InChI is InChI=1S/C12H11N5O/c1-18-8-4-2-7(3-5-8)10-9(6-13)11(14)17-12(15)16-10/h2-5H,1H3,(H4,14,15,16,17). The molecule has 2 aromatic rings. The number of hydrogen-bond donors (Lipinski definition) is 2. The van der Waals surface area contributed by atoms with Crippen LogP contribution in [0.15, 0.2) is 24.3 Å². The van der Waals surface area contributed by atoms with Gasteiger partial charge in [-0.05, 0) is 24.3 Å². The number of nitrogens with two attached hydrogens (primary N) is 2. The van der Waals surface area contributed by atoms with E-state index in [1.165, 1.54) is 0 Å². The van der Waals surface area contributed by atoms with Crippen molar-refractivity contribution in [1.29, 1.82) is 5.26 Å². The van der Waals surface area contributed by atoms with Crippen LogP contribution in [-0.4, -0.2) is 17.1 Å². The molecule has 1 heterocycles. The summed E-state index contributed by atoms with van der Waals surface area (Å²) in [6.45, 7) is 0. The van der Waals surface area contributed by atoms with Crippen molar-refractivity contribution in [3.63, 3.8) is 0 Å². The molecule has 90 valence electrons. The normalized spacial score (nSPS) is 9.78. The number of rotatable bonds is 2. The van der Waals surface area contributed by atoms with Crippen LogP contribution in [0.2, 0.25) is 0 Å². The largest absolute Gasteiger partial charge is 0.497 e. The molecule has 0 spiro atoms. The predicted molar refractivity (Wildman–Crippen MR) is 67.6 cm³/mol. The van der Waals surface area contributed by atoms with E-state index in [1.807, 2.05) is 6.07 Å². The molecule has 0 bridgehead atoms. The van der Waals surface area contributed by atoms with Crippen molar-refractivity contribution in [2.24, 2.45) is 0 Å². The highest BCUT2D eigenvalue weighted by molar-refractivity contribution is 5.73. The molecule has 4 N–H and O–H groups in total. The van der Waals surface area contributed by atoms with Crippen molar-refractivity contribution >= 4 is 11.8 Å². The van der Waals surface area contributed by atoms with Crippen molar-refractivity contribution in [2.45, 2.75) is 0 Å². The minimum atomic E-state index is 0.0392. The fraction of sp³-hybridized carbons (Fsp3) is 0.0833. The van der Waals surface area contributed by atoms with Gasteiger partial charge in [0.25, 0.3) is 0 Å². The summed E-state index contributed by atoms with van der Waals surface area (Å²) in [5, 5.41) is 9.08. The molecular weight excluding hydrogens is 230 g/mol. The number of anilines is 2. The minimum Gasteiger partial charge on any atom is -0.497 e. The molecular formula is C12H11N5O. The molecule has 0 radical (unpaired) electrons. The van der Waals surface area contributed by atoms with Gasteiger partial charge in [0.15, 0.2) is 0 Å². The van der Waals surface area contributed by atoms with Crippen molar-refractivity contribution in [3.05, 3.63) is 29.8 Å². The first-order valence-electron chi connectivity index (χ1n) is 5.13. The third-order valence-electron chi connectivity index (χ3n) is 2.43. The summed E-state index contributed by atoms with van der Waals surface area (Å²) in [6.07, 6.45) is 0. The number of ether oxygens (including phenoxy) is 1. The summed E-state index contributed by atoms with van der Waals surface area (Å²) in [5.41, 5.74) is 12.6. The number of nitriles is 1. The first-order chi connectivity index (χ1) is 8.65. The molecule has 0 aliphatic rings. The molecule has 0 unspecified atom stereocenters. The molecule has 0 saturated carbocycles. The third-order valence-corrected chi connectivity index (χ3v) is 2.43. The summed E-state index contributed by atoms with van der Waals surface area (Å²) in [4.78, 5) is 7.82. The number of nitrogens with zero attached hydrogens (tertiary/aromatic N) is 3. The van der Waals surface area contributed by atoms with E-state index in [0.717, 1.165) is 5.56 Å². The Labute approximate surface area is 104 Å². The lowest BCUT2D eigenvalue weighted by Gasteiger charge is -2.07. The first-order valence-corrected chi connectivity index (χ1v) is 5.13. The second kappa shape index (κ2) is 4.59. The van der Waals surface area contributed by atoms with Gasteiger partial charge in [-0.3, -0.25) is 0 Å². The van der Waals surface area contributed by atoms with Gasteiger partial charge in [-0.25, -0.2) is 4.98 Å². The maximum atomic E-state index is 9.08. The fourth-order valence-electron chi connectivity index (χ4n) is 1.56. The quantitative estimate of drug-likeness (QED) is 0.816. The summed E-state index contributed by atoms with van der Waals surface area (Å²) < 4.78 is 5.06. The molecule has 18 heavy (non-hydrogen) atoms. The molecule has 0 amide bonds. The van der Waals surface area contributed by atoms with Crippen LogP contribution >= 0.6 is 0 Å². The van der Waals surface area contributed by atoms with Crippen LogP contribution in [0.5, 0.6) is 5.75 Å². The molecule has 0 aliphatic carbocycles. The second-order valence-corrected chi connectivity index (χ2v) is 3.53. The van der Waals surface area contributed by atoms with Gasteiger partial charge in [-0.1, -0.05) is 0 Å². The van der Waals surface area contributed by atoms with Crippen molar-refractivity contribution in [3.8, 4) is 23.1 Å². The van der Waals surface area contributed by atoms with Crippen molar-refractivity contribution < 1.29 is 4.74 Å². The number of aromatic nitrogens is 2. The summed E-state index contributed by atoms with van der Waals surface area (Å²) >= 11 is 0. The van der Waals surface area contributed by atoms with Crippen LogP contribution in [0.25, 0.3) is 11.3 Å². The lowest BCUT2D eigenvalue weighted by Crippen LogP contribution is -2.04. The zero-order chi connectivity index (χ0) is 13.1. The molecule has 6 heteroatoms. The molecule has 1 aromatic carbocycles. The van der Waals surface area contributed by atoms with Gasteiger partial charge in [-0.2, -0.15) is 10.2 Å². The first kappa shape index (κ1) is 11.7. The summed E-state index contributed by atoms with van der Waals surface area (Å²) in [6, 6.07) is 9.08. The van der Waals surface area contributed by atoms with Gasteiger partial charge in [0.1, 0.15) is 23.2 Å². The van der Waals surface area contributed by atoms with E-state index >= 15 is 0 Å². The Balaban J connectivity index is 2.59. The topological polar surface area (TPSA) is 111 Å². The Hall–Kier alpha value is -2.81. The Morgan fingerprint density at radius 2 is 1.83 bits per heavy atom. The van der Waals surface area contributed by atoms with E-state index < -0.39 is 0 Å². The molecule has 2 rings (SSSR count). The zero-order valence-corrected chi connectivity index (χ0v) is 9.71. The second-order valence-electron chi connectivity index (χ2n) is 3.53. The Bertz CT molecular complexity index is 616. The smallest absolute Gasteiger partial charge is 0.222 e. The predicted octanol–water partition coefficient (Wildman–Crippen LogP) is 1.19. The van der Waals surface area contributed by atoms with E-state index in [4.69, 9.17) is 21.5 Å². The average molecular weight is 241 g/mol. The van der Waals surface area contributed by atoms with Crippen LogP contribution in [0.4, 0.5) is 11.8 Å². The lowest BCUT2D eigenvalue weighted by atomic mass is 10.1. The van der Waals surface area contributed by atoms with E-state index in [2.05, 4.69) is 9.97 Å². The van der Waals surface area contributed by atoms with Gasteiger partial charge < -0.3 is 16.2 Å². The Morgan fingerprint density at radius 1 is 1.17 bits per heavy atom. The molecule has 0 saturated heterocycles. The molecule has 0 fully saturated rings. The maximum Gasteiger partial charge on any atom is 0.222 e. The minimum absolute atomic E-state index is 0.0392. The van der Waals surface area contributed by atoms with Gasteiger partial charge >= 0.3 is 0 Å².